The van der Waals surface area contributed by atoms with Gasteiger partial charge in [-0.3, -0.25) is 0 Å². The molecular formula is C6H2F3I2NO2. The number of halogens is 5. The Labute approximate surface area is 104 Å². The fourth-order valence-electron chi connectivity index (χ4n) is 0.643. The van der Waals surface area contributed by atoms with Gasteiger partial charge in [0.2, 0.25) is 0 Å². The van der Waals surface area contributed by atoms with Crippen LogP contribution in [0.4, 0.5) is 13.2 Å². The molecule has 0 unspecified atom stereocenters. The lowest BCUT2D eigenvalue weighted by Crippen LogP contribution is -2.18. The molecule has 3 nitrogen and oxygen atoms in total. The van der Waals surface area contributed by atoms with Crippen molar-refractivity contribution in [2.75, 3.05) is 0 Å². The third kappa shape index (κ3) is 3.00. The van der Waals surface area contributed by atoms with E-state index >= 15 is 0 Å². The minimum absolute atomic E-state index is 0.0145. The summed E-state index contributed by atoms with van der Waals surface area (Å²) in [6.45, 7) is 0. The predicted octanol–water partition coefficient (Wildman–Crippen LogP) is 2.89. The van der Waals surface area contributed by atoms with E-state index in [1.165, 1.54) is 0 Å². The molecule has 0 bridgehead atoms. The predicted molar refractivity (Wildman–Crippen MR) is 58.0 cm³/mol. The normalized spacial score (nSPS) is 11.5. The van der Waals surface area contributed by atoms with Gasteiger partial charge in [0.1, 0.15) is 7.27 Å². The fraction of sp³-hybridized carbons (Fsp3) is 0.167. The molecule has 78 valence electrons. The maximum absolute atomic E-state index is 11.9. The van der Waals surface area contributed by atoms with Crippen molar-refractivity contribution in [1.29, 1.82) is 0 Å². The highest BCUT2D eigenvalue weighted by Gasteiger charge is 2.33. The van der Waals surface area contributed by atoms with Crippen LogP contribution in [0.2, 0.25) is 0 Å². The van der Waals surface area contributed by atoms with Gasteiger partial charge >= 0.3 is 6.36 Å². The molecule has 1 rings (SSSR count). The highest BCUT2D eigenvalue weighted by molar-refractivity contribution is 14.1. The molecule has 0 aromatic carbocycles. The minimum Gasteiger partial charge on any atom is -0.505 e. The zero-order valence-corrected chi connectivity index (χ0v) is 10.6. The van der Waals surface area contributed by atoms with Gasteiger partial charge in [0.25, 0.3) is 0 Å². The largest absolute Gasteiger partial charge is 0.573 e. The van der Waals surface area contributed by atoms with Crippen LogP contribution in [0, 0.1) is 7.27 Å². The van der Waals surface area contributed by atoms with Crippen LogP contribution in [0.3, 0.4) is 0 Å². The molecule has 0 aliphatic carbocycles. The van der Waals surface area contributed by atoms with Crippen LogP contribution in [-0.4, -0.2) is 16.5 Å². The SMILES string of the molecule is Oc1cnc(I)c(OC(F)(F)F)c1I. The average molecular weight is 431 g/mol. The Balaban J connectivity index is 3.13. The zero-order valence-electron chi connectivity index (χ0n) is 6.27. The third-order valence-electron chi connectivity index (χ3n) is 1.13. The minimum atomic E-state index is -4.78. The molecule has 14 heavy (non-hydrogen) atoms. The van der Waals surface area contributed by atoms with Gasteiger partial charge in [-0.1, -0.05) is 0 Å². The lowest BCUT2D eigenvalue weighted by Gasteiger charge is -2.11. The first-order valence-corrected chi connectivity index (χ1v) is 5.25. The van der Waals surface area contributed by atoms with E-state index < -0.39 is 12.1 Å². The van der Waals surface area contributed by atoms with Gasteiger partial charge in [-0.2, -0.15) is 0 Å². The standard InChI is InChI=1S/C6H2F3I2NO2/c7-6(8,9)14-4-3(10)2(13)1-12-5(4)11/h1,13H. The summed E-state index contributed by atoms with van der Waals surface area (Å²) in [6.07, 6.45) is -3.72. The van der Waals surface area contributed by atoms with E-state index in [-0.39, 0.29) is 13.0 Å². The van der Waals surface area contributed by atoms with Gasteiger partial charge in [0, 0.05) is 0 Å². The summed E-state index contributed by atoms with van der Waals surface area (Å²) in [5.74, 6) is -0.816. The van der Waals surface area contributed by atoms with E-state index in [4.69, 9.17) is 5.11 Å². The van der Waals surface area contributed by atoms with Crippen LogP contribution in [0.5, 0.6) is 11.5 Å². The van der Waals surface area contributed by atoms with Crippen molar-refractivity contribution in [2.45, 2.75) is 6.36 Å². The molecule has 1 N–H and O–H groups in total. The van der Waals surface area contributed by atoms with Crippen LogP contribution in [-0.2, 0) is 0 Å². The van der Waals surface area contributed by atoms with Gasteiger partial charge in [0.05, 0.1) is 6.20 Å². The molecule has 8 heteroatoms. The Morgan fingerprint density at radius 2 is 1.93 bits per heavy atom. The summed E-state index contributed by atoms with van der Waals surface area (Å²) in [4.78, 5) is 3.53. The number of ether oxygens (including phenoxy) is 1. The van der Waals surface area contributed by atoms with E-state index in [1.54, 1.807) is 45.2 Å². The number of hydrogen-bond acceptors (Lipinski definition) is 3. The molecule has 0 aliphatic heterocycles. The second-order valence-corrected chi connectivity index (χ2v) is 4.23. The van der Waals surface area contributed by atoms with Crippen molar-refractivity contribution in [2.24, 2.45) is 0 Å². The van der Waals surface area contributed by atoms with Gasteiger partial charge in [-0.15, -0.1) is 13.2 Å². The van der Waals surface area contributed by atoms with Gasteiger partial charge in [-0.25, -0.2) is 4.98 Å². The maximum atomic E-state index is 11.9. The van der Waals surface area contributed by atoms with E-state index in [1.807, 2.05) is 0 Å². The van der Waals surface area contributed by atoms with Gasteiger partial charge in [0.15, 0.2) is 11.5 Å². The number of alkyl halides is 3. The highest BCUT2D eigenvalue weighted by Crippen LogP contribution is 2.35. The summed E-state index contributed by atoms with van der Waals surface area (Å²) in [5, 5.41) is 9.10. The van der Waals surface area contributed by atoms with Crippen LogP contribution < -0.4 is 4.74 Å². The van der Waals surface area contributed by atoms with Crippen molar-refractivity contribution in [1.82, 2.24) is 4.98 Å². The number of hydrogen-bond donors (Lipinski definition) is 1. The number of pyridine rings is 1. The topological polar surface area (TPSA) is 42.4 Å². The molecule has 0 aliphatic rings. The molecule has 0 radical (unpaired) electrons. The smallest absolute Gasteiger partial charge is 0.505 e. The van der Waals surface area contributed by atoms with E-state index in [0.717, 1.165) is 6.20 Å². The summed E-state index contributed by atoms with van der Waals surface area (Å²) < 4.78 is 39.4. The number of aromatic hydroxyl groups is 1. The monoisotopic (exact) mass is 431 g/mol. The Morgan fingerprint density at radius 1 is 1.36 bits per heavy atom. The highest BCUT2D eigenvalue weighted by atomic mass is 127. The zero-order chi connectivity index (χ0) is 10.9. The fourth-order valence-corrected chi connectivity index (χ4v) is 2.18. The molecule has 0 saturated heterocycles. The lowest BCUT2D eigenvalue weighted by atomic mass is 10.4. The Bertz CT molecular complexity index is 356. The number of nitrogens with zero attached hydrogens (tertiary/aromatic N) is 1. The first kappa shape index (κ1) is 12.1. The molecule has 0 saturated carbocycles. The van der Waals surface area contributed by atoms with Gasteiger partial charge in [-0.05, 0) is 45.2 Å². The average Bonchev–Trinajstić information content (AvgIpc) is 2.04. The molecule has 1 aromatic heterocycles. The first-order valence-electron chi connectivity index (χ1n) is 3.10. The third-order valence-corrected chi connectivity index (χ3v) is 2.94. The summed E-state index contributed by atoms with van der Waals surface area (Å²) in [5.41, 5.74) is 0. The number of aromatic nitrogens is 1. The van der Waals surface area contributed by atoms with Crippen LogP contribution >= 0.6 is 45.2 Å². The van der Waals surface area contributed by atoms with Crippen molar-refractivity contribution < 1.29 is 23.0 Å². The molecule has 1 aromatic rings. The number of rotatable bonds is 1. The lowest BCUT2D eigenvalue weighted by molar-refractivity contribution is -0.275. The molecule has 0 fully saturated rings. The Morgan fingerprint density at radius 3 is 2.43 bits per heavy atom. The van der Waals surface area contributed by atoms with Crippen LogP contribution in [0.25, 0.3) is 0 Å². The molecule has 0 amide bonds. The van der Waals surface area contributed by atoms with Crippen LogP contribution in [0.1, 0.15) is 0 Å². The Kier molecular flexibility index (Phi) is 3.66. The van der Waals surface area contributed by atoms with Gasteiger partial charge < -0.3 is 9.84 Å². The van der Waals surface area contributed by atoms with E-state index in [0.29, 0.717) is 0 Å². The summed E-state index contributed by atoms with van der Waals surface area (Å²) >= 11 is 3.14. The van der Waals surface area contributed by atoms with Crippen molar-refractivity contribution in [3.63, 3.8) is 0 Å². The van der Waals surface area contributed by atoms with Crippen molar-refractivity contribution >= 4 is 45.2 Å². The summed E-state index contributed by atoms with van der Waals surface area (Å²) in [6, 6.07) is 0. The van der Waals surface area contributed by atoms with Crippen molar-refractivity contribution in [3.8, 4) is 11.5 Å². The van der Waals surface area contributed by atoms with Crippen molar-refractivity contribution in [3.05, 3.63) is 13.5 Å². The quantitative estimate of drug-likeness (QED) is 0.550. The second kappa shape index (κ2) is 4.24. The molecule has 0 atom stereocenters. The second-order valence-electron chi connectivity index (χ2n) is 2.13. The maximum Gasteiger partial charge on any atom is 0.573 e. The Hall–Kier alpha value is -0.000000000000000111. The first-order chi connectivity index (χ1) is 6.31. The van der Waals surface area contributed by atoms with E-state index in [9.17, 15) is 13.2 Å². The molecule has 1 heterocycles. The van der Waals surface area contributed by atoms with Crippen LogP contribution in [0.15, 0.2) is 6.20 Å². The molecular weight excluding hydrogens is 429 g/mol. The summed E-state index contributed by atoms with van der Waals surface area (Å²) in [7, 11) is 0. The van der Waals surface area contributed by atoms with E-state index in [2.05, 4.69) is 9.72 Å². The molecule has 0 spiro atoms.